The van der Waals surface area contributed by atoms with Gasteiger partial charge in [-0.3, -0.25) is 19.8 Å². The first-order chi connectivity index (χ1) is 18.2. The topological polar surface area (TPSA) is 105 Å². The number of aromatic carboxylic acids is 1. The summed E-state index contributed by atoms with van der Waals surface area (Å²) in [6.07, 6.45) is 1.48. The Morgan fingerprint density at radius 2 is 1.71 bits per heavy atom. The van der Waals surface area contributed by atoms with E-state index in [1.807, 2.05) is 12.1 Å². The first-order valence-electron chi connectivity index (χ1n) is 11.8. The number of methoxy groups -OCH3 is 1. The lowest BCUT2D eigenvalue weighted by Gasteiger charge is -2.29. The Hall–Kier alpha value is -4.50. The van der Waals surface area contributed by atoms with Crippen LogP contribution < -0.4 is 19.7 Å². The molecule has 8 nitrogen and oxygen atoms in total. The summed E-state index contributed by atoms with van der Waals surface area (Å²) >= 11 is 5.29. The van der Waals surface area contributed by atoms with Crippen molar-refractivity contribution in [2.45, 2.75) is 26.4 Å². The highest BCUT2D eigenvalue weighted by atomic mass is 32.1. The van der Waals surface area contributed by atoms with Gasteiger partial charge in [-0.2, -0.15) is 0 Å². The third kappa shape index (κ3) is 5.73. The van der Waals surface area contributed by atoms with Crippen LogP contribution in [0.3, 0.4) is 0 Å². The van der Waals surface area contributed by atoms with Crippen LogP contribution in [-0.4, -0.2) is 35.1 Å². The molecule has 194 valence electrons. The Morgan fingerprint density at radius 3 is 2.32 bits per heavy atom. The van der Waals surface area contributed by atoms with Crippen molar-refractivity contribution in [3.05, 3.63) is 94.6 Å². The summed E-state index contributed by atoms with van der Waals surface area (Å²) in [5.41, 5.74) is 3.15. The van der Waals surface area contributed by atoms with Gasteiger partial charge < -0.3 is 14.6 Å². The summed E-state index contributed by atoms with van der Waals surface area (Å²) in [6.45, 7) is 4.35. The molecule has 1 fully saturated rings. The first kappa shape index (κ1) is 26.6. The molecule has 1 aliphatic heterocycles. The Kier molecular flexibility index (Phi) is 7.87. The monoisotopic (exact) mass is 530 g/mol. The van der Waals surface area contributed by atoms with Gasteiger partial charge in [0.1, 0.15) is 12.2 Å². The fourth-order valence-electron chi connectivity index (χ4n) is 3.86. The lowest BCUT2D eigenvalue weighted by molar-refractivity contribution is -0.122. The number of hydrogen-bond donors (Lipinski definition) is 2. The van der Waals surface area contributed by atoms with E-state index in [2.05, 4.69) is 19.2 Å². The highest BCUT2D eigenvalue weighted by Crippen LogP contribution is 2.31. The number of nitrogens with zero attached hydrogens (tertiary/aromatic N) is 1. The molecule has 0 aliphatic carbocycles. The number of nitrogens with one attached hydrogen (secondary N) is 1. The lowest BCUT2D eigenvalue weighted by atomic mass is 10.0. The van der Waals surface area contributed by atoms with E-state index in [1.54, 1.807) is 42.5 Å². The van der Waals surface area contributed by atoms with Gasteiger partial charge in [0.25, 0.3) is 11.8 Å². The molecule has 0 spiro atoms. The van der Waals surface area contributed by atoms with Gasteiger partial charge in [-0.15, -0.1) is 0 Å². The molecule has 1 saturated heterocycles. The third-order valence-corrected chi connectivity index (χ3v) is 6.30. The zero-order valence-corrected chi connectivity index (χ0v) is 21.9. The molecule has 38 heavy (non-hydrogen) atoms. The zero-order valence-electron chi connectivity index (χ0n) is 21.1. The maximum atomic E-state index is 13.3. The molecular weight excluding hydrogens is 504 g/mol. The number of ether oxygens (including phenoxy) is 2. The Labute approximate surface area is 225 Å². The largest absolute Gasteiger partial charge is 0.493 e. The Morgan fingerprint density at radius 1 is 1.03 bits per heavy atom. The van der Waals surface area contributed by atoms with Gasteiger partial charge in [-0.05, 0) is 77.3 Å². The van der Waals surface area contributed by atoms with Gasteiger partial charge in [-0.25, -0.2) is 4.79 Å². The summed E-state index contributed by atoms with van der Waals surface area (Å²) < 4.78 is 11.3. The standard InChI is InChI=1S/C29H26N2O6S/c1-17(2)20-9-11-22(12-10-20)31-27(33)23(26(32)30-29(31)38)14-19-6-13-24(25(15-19)36-3)37-16-18-4-7-21(8-5-18)28(34)35/h4-15,17H,16H2,1-3H3,(H,34,35)(H,30,32,38). The number of benzene rings is 3. The number of thiocarbonyl (C=S) groups is 1. The van der Waals surface area contributed by atoms with E-state index >= 15 is 0 Å². The van der Waals surface area contributed by atoms with Crippen molar-refractivity contribution in [1.29, 1.82) is 0 Å². The predicted octanol–water partition coefficient (Wildman–Crippen LogP) is 4.93. The molecule has 1 heterocycles. The predicted molar refractivity (Wildman–Crippen MR) is 147 cm³/mol. The van der Waals surface area contributed by atoms with Crippen molar-refractivity contribution in [1.82, 2.24) is 5.32 Å². The van der Waals surface area contributed by atoms with E-state index in [0.717, 1.165) is 11.1 Å². The van der Waals surface area contributed by atoms with Gasteiger partial charge in [0.2, 0.25) is 0 Å². The van der Waals surface area contributed by atoms with Gasteiger partial charge in [0, 0.05) is 0 Å². The fourth-order valence-corrected chi connectivity index (χ4v) is 4.15. The van der Waals surface area contributed by atoms with Crippen LogP contribution in [0.5, 0.6) is 11.5 Å². The molecule has 4 rings (SSSR count). The van der Waals surface area contributed by atoms with Crippen molar-refractivity contribution in [2.75, 3.05) is 12.0 Å². The number of carbonyl (C=O) groups excluding carboxylic acids is 2. The number of carboxylic acids is 1. The van der Waals surface area contributed by atoms with Crippen LogP contribution >= 0.6 is 12.2 Å². The quantitative estimate of drug-likeness (QED) is 0.242. The SMILES string of the molecule is COc1cc(C=C2C(=O)NC(=S)N(c3ccc(C(C)C)cc3)C2=O)ccc1OCc1ccc(C(=O)O)cc1. The Balaban J connectivity index is 1.55. The van der Waals surface area contributed by atoms with Gasteiger partial charge in [0.05, 0.1) is 18.4 Å². The average Bonchev–Trinajstić information content (AvgIpc) is 2.90. The summed E-state index contributed by atoms with van der Waals surface area (Å²) in [5.74, 6) is -0.920. The molecule has 0 atom stereocenters. The van der Waals surface area contributed by atoms with Crippen LogP contribution in [0.25, 0.3) is 6.08 Å². The maximum absolute atomic E-state index is 13.3. The normalized spacial score (nSPS) is 14.6. The van der Waals surface area contributed by atoms with Crippen LogP contribution in [-0.2, 0) is 16.2 Å². The smallest absolute Gasteiger partial charge is 0.335 e. The van der Waals surface area contributed by atoms with Gasteiger partial charge in [0.15, 0.2) is 16.6 Å². The highest BCUT2D eigenvalue weighted by molar-refractivity contribution is 7.80. The van der Waals surface area contributed by atoms with Crippen molar-refractivity contribution >= 4 is 46.9 Å². The number of carboxylic acid groups (broad SMARTS) is 1. The molecule has 0 unspecified atom stereocenters. The van der Waals surface area contributed by atoms with Crippen LogP contribution in [0, 0.1) is 0 Å². The molecule has 2 N–H and O–H groups in total. The molecular formula is C29H26N2O6S. The number of anilines is 1. The van der Waals surface area contributed by atoms with E-state index in [9.17, 15) is 14.4 Å². The van der Waals surface area contributed by atoms with Crippen molar-refractivity contribution in [2.24, 2.45) is 0 Å². The number of carbonyl (C=O) groups is 3. The first-order valence-corrected chi connectivity index (χ1v) is 12.2. The minimum Gasteiger partial charge on any atom is -0.493 e. The average molecular weight is 531 g/mol. The number of hydrogen-bond acceptors (Lipinski definition) is 6. The van der Waals surface area contributed by atoms with E-state index in [0.29, 0.717) is 28.7 Å². The van der Waals surface area contributed by atoms with Crippen LogP contribution in [0.15, 0.2) is 72.3 Å². The van der Waals surface area contributed by atoms with Crippen LogP contribution in [0.4, 0.5) is 5.69 Å². The summed E-state index contributed by atoms with van der Waals surface area (Å²) in [5, 5.41) is 11.6. The molecule has 3 aromatic rings. The van der Waals surface area contributed by atoms with Crippen molar-refractivity contribution in [3.63, 3.8) is 0 Å². The minimum atomic E-state index is -0.997. The summed E-state index contributed by atoms with van der Waals surface area (Å²) in [7, 11) is 1.49. The number of rotatable bonds is 8. The molecule has 0 bridgehead atoms. The second-order valence-electron chi connectivity index (χ2n) is 8.91. The van der Waals surface area contributed by atoms with Crippen LogP contribution in [0.2, 0.25) is 0 Å². The van der Waals surface area contributed by atoms with Crippen LogP contribution in [0.1, 0.15) is 46.8 Å². The third-order valence-electron chi connectivity index (χ3n) is 6.01. The summed E-state index contributed by atoms with van der Waals surface area (Å²) in [6, 6.07) is 18.9. The second kappa shape index (κ2) is 11.3. The van der Waals surface area contributed by atoms with Gasteiger partial charge in [-0.1, -0.05) is 44.2 Å². The molecule has 2 amide bonds. The zero-order chi connectivity index (χ0) is 27.4. The highest BCUT2D eigenvalue weighted by Gasteiger charge is 2.34. The maximum Gasteiger partial charge on any atom is 0.335 e. The molecule has 0 radical (unpaired) electrons. The Bertz CT molecular complexity index is 1430. The minimum absolute atomic E-state index is 0.0205. The number of amides is 2. The summed E-state index contributed by atoms with van der Waals surface area (Å²) in [4.78, 5) is 38.3. The van der Waals surface area contributed by atoms with E-state index < -0.39 is 17.8 Å². The van der Waals surface area contributed by atoms with Gasteiger partial charge >= 0.3 is 5.97 Å². The molecule has 1 aliphatic rings. The lowest BCUT2D eigenvalue weighted by Crippen LogP contribution is -2.54. The molecule has 3 aromatic carbocycles. The molecule has 9 heteroatoms. The van der Waals surface area contributed by atoms with E-state index in [4.69, 9.17) is 26.8 Å². The van der Waals surface area contributed by atoms with Crippen molar-refractivity contribution in [3.8, 4) is 11.5 Å². The van der Waals surface area contributed by atoms with Crippen molar-refractivity contribution < 1.29 is 29.0 Å². The fraction of sp³-hybridized carbons (Fsp3) is 0.172. The van der Waals surface area contributed by atoms with E-state index in [1.165, 1.54) is 30.2 Å². The second-order valence-corrected chi connectivity index (χ2v) is 9.29. The molecule has 0 aromatic heterocycles. The molecule has 0 saturated carbocycles. The van der Waals surface area contributed by atoms with E-state index in [-0.39, 0.29) is 22.9 Å².